The van der Waals surface area contributed by atoms with Crippen molar-refractivity contribution in [3.8, 4) is 0 Å². The van der Waals surface area contributed by atoms with Gasteiger partial charge in [-0.3, -0.25) is 9.98 Å². The SMILES string of the molecule is OCC1CCCN(c2ccc(NC3C=C4N=CCCC4C=N3)cc2)C1. The number of anilines is 2. The fraction of sp³-hybridized carbons (Fsp3) is 0.500. The van der Waals surface area contributed by atoms with Crippen LogP contribution in [0, 0.1) is 11.8 Å². The zero-order valence-electron chi connectivity index (χ0n) is 14.5. The summed E-state index contributed by atoms with van der Waals surface area (Å²) >= 11 is 0. The van der Waals surface area contributed by atoms with Gasteiger partial charge < -0.3 is 15.3 Å². The molecule has 0 spiro atoms. The first-order valence-corrected chi connectivity index (χ1v) is 9.32. The number of fused-ring (bicyclic) bond motifs is 1. The number of piperidine rings is 1. The Bertz CT molecular complexity index is 679. The summed E-state index contributed by atoms with van der Waals surface area (Å²) in [5.74, 6) is 0.794. The lowest BCUT2D eigenvalue weighted by molar-refractivity contribution is 0.209. The molecule has 3 heterocycles. The van der Waals surface area contributed by atoms with Gasteiger partial charge in [0.2, 0.25) is 0 Å². The molecule has 1 saturated heterocycles. The van der Waals surface area contributed by atoms with Gasteiger partial charge in [-0.25, -0.2) is 0 Å². The Balaban J connectivity index is 1.40. The molecule has 25 heavy (non-hydrogen) atoms. The smallest absolute Gasteiger partial charge is 0.139 e. The first kappa shape index (κ1) is 16.3. The van der Waals surface area contributed by atoms with Gasteiger partial charge in [0.25, 0.3) is 0 Å². The molecule has 0 aliphatic carbocycles. The largest absolute Gasteiger partial charge is 0.396 e. The summed E-state index contributed by atoms with van der Waals surface area (Å²) in [4.78, 5) is 11.5. The number of allylic oxidation sites excluding steroid dienone is 1. The summed E-state index contributed by atoms with van der Waals surface area (Å²) in [5.41, 5.74) is 3.43. The summed E-state index contributed by atoms with van der Waals surface area (Å²) < 4.78 is 0. The van der Waals surface area contributed by atoms with Crippen LogP contribution in [-0.4, -0.2) is 43.4 Å². The molecular weight excluding hydrogens is 312 g/mol. The number of aliphatic hydroxyl groups is 1. The Hall–Kier alpha value is -2.14. The van der Waals surface area contributed by atoms with Gasteiger partial charge in [-0.1, -0.05) is 0 Å². The highest BCUT2D eigenvalue weighted by Crippen LogP contribution is 2.27. The number of aliphatic hydroxyl groups excluding tert-OH is 1. The molecule has 0 saturated carbocycles. The lowest BCUT2D eigenvalue weighted by Crippen LogP contribution is -2.36. The highest BCUT2D eigenvalue weighted by molar-refractivity contribution is 5.73. The summed E-state index contributed by atoms with van der Waals surface area (Å²) in [6, 6.07) is 8.54. The maximum Gasteiger partial charge on any atom is 0.139 e. The van der Waals surface area contributed by atoms with Crippen molar-refractivity contribution < 1.29 is 5.11 Å². The highest BCUT2D eigenvalue weighted by atomic mass is 16.3. The van der Waals surface area contributed by atoms with Gasteiger partial charge in [0.1, 0.15) is 6.17 Å². The fourth-order valence-electron chi connectivity index (χ4n) is 3.85. The molecule has 3 aliphatic heterocycles. The van der Waals surface area contributed by atoms with E-state index < -0.39 is 0 Å². The van der Waals surface area contributed by atoms with Crippen LogP contribution in [0.3, 0.4) is 0 Å². The number of nitrogens with one attached hydrogen (secondary N) is 1. The van der Waals surface area contributed by atoms with E-state index in [4.69, 9.17) is 0 Å². The second kappa shape index (κ2) is 7.40. The lowest BCUT2D eigenvalue weighted by Gasteiger charge is -2.33. The van der Waals surface area contributed by atoms with E-state index in [-0.39, 0.29) is 12.8 Å². The molecule has 0 amide bonds. The van der Waals surface area contributed by atoms with Crippen LogP contribution in [-0.2, 0) is 0 Å². The van der Waals surface area contributed by atoms with Crippen molar-refractivity contribution >= 4 is 23.8 Å². The molecule has 0 bridgehead atoms. The molecule has 0 aromatic heterocycles. The van der Waals surface area contributed by atoms with Gasteiger partial charge in [0.15, 0.2) is 0 Å². The first-order valence-electron chi connectivity index (χ1n) is 9.32. The van der Waals surface area contributed by atoms with E-state index in [0.29, 0.717) is 11.8 Å². The number of nitrogens with zero attached hydrogens (tertiary/aromatic N) is 3. The third-order valence-corrected chi connectivity index (χ3v) is 5.31. The Morgan fingerprint density at radius 2 is 2.08 bits per heavy atom. The van der Waals surface area contributed by atoms with Gasteiger partial charge in [0, 0.05) is 55.1 Å². The quantitative estimate of drug-likeness (QED) is 0.887. The minimum atomic E-state index is -0.0406. The van der Waals surface area contributed by atoms with Gasteiger partial charge in [-0.15, -0.1) is 0 Å². The number of dihydropyridines is 1. The van der Waals surface area contributed by atoms with Gasteiger partial charge in [-0.05, 0) is 61.9 Å². The van der Waals surface area contributed by atoms with Gasteiger partial charge in [-0.2, -0.15) is 0 Å². The van der Waals surface area contributed by atoms with Crippen LogP contribution in [0.15, 0.2) is 46.0 Å². The molecule has 4 rings (SSSR count). The highest BCUT2D eigenvalue weighted by Gasteiger charge is 2.21. The lowest BCUT2D eigenvalue weighted by atomic mass is 9.96. The predicted octanol–water partition coefficient (Wildman–Crippen LogP) is 3.08. The summed E-state index contributed by atoms with van der Waals surface area (Å²) in [6.07, 6.45) is 10.6. The zero-order valence-corrected chi connectivity index (χ0v) is 14.5. The van der Waals surface area contributed by atoms with E-state index >= 15 is 0 Å². The van der Waals surface area contributed by atoms with Crippen LogP contribution in [0.4, 0.5) is 11.4 Å². The number of aliphatic imine (C=N–C) groups is 2. The molecule has 3 aliphatic rings. The average Bonchev–Trinajstić information content (AvgIpc) is 2.68. The Morgan fingerprint density at radius 1 is 1.20 bits per heavy atom. The molecule has 2 N–H and O–H groups in total. The summed E-state index contributed by atoms with van der Waals surface area (Å²) in [7, 11) is 0. The van der Waals surface area contributed by atoms with Gasteiger partial charge in [0.05, 0.1) is 0 Å². The summed E-state index contributed by atoms with van der Waals surface area (Å²) in [5, 5.41) is 12.9. The summed E-state index contributed by atoms with van der Waals surface area (Å²) in [6.45, 7) is 2.30. The number of rotatable bonds is 4. The maximum absolute atomic E-state index is 9.40. The third-order valence-electron chi connectivity index (χ3n) is 5.31. The number of hydrogen-bond donors (Lipinski definition) is 2. The average molecular weight is 338 g/mol. The molecule has 5 heteroatoms. The van der Waals surface area contributed by atoms with Crippen LogP contribution in [0.2, 0.25) is 0 Å². The van der Waals surface area contributed by atoms with Crippen molar-refractivity contribution in [1.29, 1.82) is 0 Å². The van der Waals surface area contributed by atoms with E-state index in [1.165, 1.54) is 5.69 Å². The molecule has 1 aromatic carbocycles. The van der Waals surface area contributed by atoms with Crippen molar-refractivity contribution in [2.45, 2.75) is 31.8 Å². The monoisotopic (exact) mass is 338 g/mol. The van der Waals surface area contributed by atoms with Crippen molar-refractivity contribution in [1.82, 2.24) is 0 Å². The Kier molecular flexibility index (Phi) is 4.83. The normalized spacial score (nSPS) is 28.4. The van der Waals surface area contributed by atoms with Crippen LogP contribution < -0.4 is 10.2 Å². The van der Waals surface area contributed by atoms with Crippen LogP contribution in [0.1, 0.15) is 25.7 Å². The molecule has 3 atom stereocenters. The second-order valence-electron chi connectivity index (χ2n) is 7.16. The minimum Gasteiger partial charge on any atom is -0.396 e. The van der Waals surface area contributed by atoms with Crippen molar-refractivity contribution in [3.05, 3.63) is 36.0 Å². The second-order valence-corrected chi connectivity index (χ2v) is 7.16. The zero-order chi connectivity index (χ0) is 17.1. The third kappa shape index (κ3) is 3.76. The van der Waals surface area contributed by atoms with Crippen molar-refractivity contribution in [3.63, 3.8) is 0 Å². The number of benzene rings is 1. The van der Waals surface area contributed by atoms with Crippen LogP contribution in [0.5, 0.6) is 0 Å². The standard InChI is InChI=1S/C20H26N4O/c25-14-15-3-2-10-24(13-15)18-7-5-17(6-8-18)23-20-11-19-16(12-22-20)4-1-9-21-19/h5-9,11-12,15-16,20,23,25H,1-4,10,13-14H2. The van der Waals surface area contributed by atoms with E-state index in [1.807, 2.05) is 12.4 Å². The Morgan fingerprint density at radius 3 is 2.92 bits per heavy atom. The minimum absolute atomic E-state index is 0.0406. The number of hydrogen-bond acceptors (Lipinski definition) is 5. The molecular formula is C20H26N4O. The molecule has 132 valence electrons. The van der Waals surface area contributed by atoms with E-state index in [9.17, 15) is 5.11 Å². The van der Waals surface area contributed by atoms with E-state index in [0.717, 1.165) is 50.2 Å². The Labute approximate surface area is 149 Å². The van der Waals surface area contributed by atoms with E-state index in [2.05, 4.69) is 50.5 Å². The van der Waals surface area contributed by atoms with Crippen molar-refractivity contribution in [2.75, 3.05) is 29.9 Å². The van der Waals surface area contributed by atoms with E-state index in [1.54, 1.807) is 0 Å². The van der Waals surface area contributed by atoms with Crippen LogP contribution >= 0.6 is 0 Å². The van der Waals surface area contributed by atoms with Crippen molar-refractivity contribution in [2.24, 2.45) is 21.8 Å². The predicted molar refractivity (Wildman–Crippen MR) is 104 cm³/mol. The molecule has 1 aromatic rings. The maximum atomic E-state index is 9.40. The van der Waals surface area contributed by atoms with Gasteiger partial charge >= 0.3 is 0 Å². The molecule has 5 nitrogen and oxygen atoms in total. The molecule has 3 unspecified atom stereocenters. The molecule has 1 fully saturated rings. The topological polar surface area (TPSA) is 60.2 Å². The first-order chi connectivity index (χ1) is 12.3. The van der Waals surface area contributed by atoms with Crippen LogP contribution in [0.25, 0.3) is 0 Å². The fourth-order valence-corrected chi connectivity index (χ4v) is 3.85. The molecule has 0 radical (unpaired) electrons.